The van der Waals surface area contributed by atoms with E-state index in [9.17, 15) is 57.5 Å². The lowest BCUT2D eigenvalue weighted by Crippen LogP contribution is -2.81. The van der Waals surface area contributed by atoms with Gasteiger partial charge in [-0.3, -0.25) is 4.79 Å². The van der Waals surface area contributed by atoms with Crippen molar-refractivity contribution >= 4 is 87.8 Å². The van der Waals surface area contributed by atoms with Crippen LogP contribution in [0.5, 0.6) is 0 Å². The molecule has 0 unspecified atom stereocenters. The quantitative estimate of drug-likeness (QED) is 0.0268. The molecule has 420 valence electrons. The van der Waals surface area contributed by atoms with Crippen LogP contribution in [0.2, 0.25) is 0 Å². The predicted molar refractivity (Wildman–Crippen MR) is 272 cm³/mol. The molecule has 11 aromatic rings. The third-order valence-electron chi connectivity index (χ3n) is 14.0. The van der Waals surface area contributed by atoms with E-state index in [1.165, 1.54) is 52.9 Å². The van der Waals surface area contributed by atoms with Crippen molar-refractivity contribution in [3.8, 4) is 0 Å². The molecule has 0 aliphatic carbocycles. The first-order chi connectivity index (χ1) is 39.5. The van der Waals surface area contributed by atoms with Gasteiger partial charge in [0.1, 0.15) is 52.7 Å². The minimum atomic E-state index is -7.22. The molecule has 0 amide bonds. The lowest BCUT2D eigenvalue weighted by molar-refractivity contribution is 0.102. The standard InChI is InChI=1S/C36H25OS.C24BF20/c37-34(25-12-2-1-3-13-25)24-38(35-30-18-8-4-14-26(30)22-27-15-5-9-19-31(27)35)36-32-20-10-6-16-28(32)23-29-17-7-11-21-33(29)36;26-5-1(6(27)14(35)21(42)13(5)34)25(2-7(28)15(36)22(43)16(37)8(2)29,3-9(30)17(38)23(44)18(39)10(3)31)4-11(32)19(40)24(45)20(41)12(4)33/h1-23H,24H2;/q+1;-1. The van der Waals surface area contributed by atoms with Crippen molar-refractivity contribution in [2.75, 3.05) is 5.75 Å². The molecule has 0 aliphatic heterocycles. The van der Waals surface area contributed by atoms with E-state index in [2.05, 4.69) is 109 Å². The second-order valence-corrected chi connectivity index (χ2v) is 20.3. The number of Topliss-reactive ketones (excluding diaryl/α,β-unsaturated/α-hetero) is 1. The van der Waals surface area contributed by atoms with Gasteiger partial charge in [-0.2, -0.15) is 0 Å². The van der Waals surface area contributed by atoms with E-state index in [0.717, 1.165) is 5.56 Å². The van der Waals surface area contributed by atoms with Crippen molar-refractivity contribution in [3.63, 3.8) is 0 Å². The van der Waals surface area contributed by atoms with Crippen molar-refractivity contribution < 1.29 is 92.6 Å². The molecule has 0 heterocycles. The number of hydrogen-bond donors (Lipinski definition) is 0. The van der Waals surface area contributed by atoms with Crippen molar-refractivity contribution in [1.82, 2.24) is 0 Å². The molecule has 0 aromatic heterocycles. The van der Waals surface area contributed by atoms with Gasteiger partial charge < -0.3 is 0 Å². The van der Waals surface area contributed by atoms with Gasteiger partial charge in [-0.15, -0.1) is 21.9 Å². The summed E-state index contributed by atoms with van der Waals surface area (Å²) >= 11 is 0. The van der Waals surface area contributed by atoms with Gasteiger partial charge in [-0.1, -0.05) is 103 Å². The fourth-order valence-electron chi connectivity index (χ4n) is 10.4. The van der Waals surface area contributed by atoms with Crippen molar-refractivity contribution in [2.24, 2.45) is 0 Å². The smallest absolute Gasteiger partial charge is 0.212 e. The van der Waals surface area contributed by atoms with Gasteiger partial charge in [0, 0.05) is 27.1 Å². The molecule has 1 nitrogen and oxygen atoms in total. The van der Waals surface area contributed by atoms with E-state index in [1.807, 2.05) is 30.3 Å². The normalized spacial score (nSPS) is 11.8. The summed E-state index contributed by atoms with van der Waals surface area (Å²) in [5, 5.41) is 9.68. The number of hydrogen-bond acceptors (Lipinski definition) is 1. The Morgan fingerprint density at radius 3 is 0.723 bits per heavy atom. The topological polar surface area (TPSA) is 17.1 Å². The van der Waals surface area contributed by atoms with Gasteiger partial charge in [-0.05, 0) is 57.9 Å². The number of rotatable bonds is 9. The second kappa shape index (κ2) is 21.8. The summed E-state index contributed by atoms with van der Waals surface area (Å²) < 4.78 is 294. The average Bonchev–Trinajstić information content (AvgIpc) is 3.57. The fourth-order valence-corrected chi connectivity index (χ4v) is 13.2. The molecule has 0 aliphatic rings. The average molecular weight is 1180 g/mol. The molecule has 0 spiro atoms. The molecule has 0 fully saturated rings. The summed E-state index contributed by atoms with van der Waals surface area (Å²) in [5.41, 5.74) is -13.6. The third kappa shape index (κ3) is 8.97. The summed E-state index contributed by atoms with van der Waals surface area (Å²) in [6.07, 6.45) is -7.22. The highest BCUT2D eigenvalue weighted by Crippen LogP contribution is 2.43. The molecular formula is C60H25BF20OS. The number of ketones is 1. The van der Waals surface area contributed by atoms with Gasteiger partial charge in [-0.25, -0.2) is 87.8 Å². The largest absolute Gasteiger partial charge is 0.289 e. The Balaban J connectivity index is 0.000000187. The van der Waals surface area contributed by atoms with E-state index < -0.39 is 155 Å². The lowest BCUT2D eigenvalue weighted by Gasteiger charge is -2.44. The highest BCUT2D eigenvalue weighted by Gasteiger charge is 2.52. The van der Waals surface area contributed by atoms with E-state index in [-0.39, 0.29) is 5.78 Å². The molecule has 0 saturated heterocycles. The van der Waals surface area contributed by atoms with Crippen LogP contribution in [0.25, 0.3) is 43.1 Å². The number of fused-ring (bicyclic) bond motifs is 4. The van der Waals surface area contributed by atoms with Crippen LogP contribution in [0.4, 0.5) is 87.8 Å². The zero-order valence-corrected chi connectivity index (χ0v) is 41.8. The van der Waals surface area contributed by atoms with Crippen molar-refractivity contribution in [1.29, 1.82) is 0 Å². The maximum atomic E-state index is 15.4. The van der Waals surface area contributed by atoms with Crippen LogP contribution in [-0.4, -0.2) is 17.7 Å². The molecule has 23 heteroatoms. The van der Waals surface area contributed by atoms with Gasteiger partial charge >= 0.3 is 0 Å². The Hall–Kier alpha value is -8.86. The predicted octanol–water partition coefficient (Wildman–Crippen LogP) is 15.1. The molecule has 0 N–H and O–H groups in total. The molecule has 0 atom stereocenters. The van der Waals surface area contributed by atoms with Crippen LogP contribution in [0.1, 0.15) is 10.4 Å². The highest BCUT2D eigenvalue weighted by molar-refractivity contribution is 7.98. The number of carbonyl (C=O) groups excluding carboxylic acids is 1. The molecule has 0 saturated carbocycles. The first-order valence-electron chi connectivity index (χ1n) is 23.8. The van der Waals surface area contributed by atoms with Crippen LogP contribution in [-0.2, 0) is 10.9 Å². The van der Waals surface area contributed by atoms with Crippen LogP contribution < -0.4 is 21.9 Å². The number of benzene rings is 11. The van der Waals surface area contributed by atoms with E-state index in [1.54, 1.807) is 0 Å². The molecular weight excluding hydrogens is 1160 g/mol. The summed E-state index contributed by atoms with van der Waals surface area (Å²) in [4.78, 5) is 16.5. The van der Waals surface area contributed by atoms with Crippen LogP contribution >= 0.6 is 0 Å². The summed E-state index contributed by atoms with van der Waals surface area (Å²) in [7, 11) is -0.530. The Kier molecular flexibility index (Phi) is 15.1. The first kappa shape index (κ1) is 57.4. The highest BCUT2D eigenvalue weighted by atomic mass is 32.2. The van der Waals surface area contributed by atoms with Gasteiger partial charge in [0.25, 0.3) is 0 Å². The van der Waals surface area contributed by atoms with Crippen molar-refractivity contribution in [3.05, 3.63) is 261 Å². The maximum Gasteiger partial charge on any atom is 0.212 e. The van der Waals surface area contributed by atoms with E-state index in [0.29, 0.717) is 5.75 Å². The Labute approximate surface area is 455 Å². The van der Waals surface area contributed by atoms with E-state index >= 15 is 35.1 Å². The Bertz CT molecular complexity index is 3910. The third-order valence-corrected chi connectivity index (χ3v) is 16.4. The number of halogens is 20. The minimum Gasteiger partial charge on any atom is -0.289 e. The molecule has 0 bridgehead atoms. The van der Waals surface area contributed by atoms with Crippen LogP contribution in [0.15, 0.2) is 149 Å². The molecule has 11 aromatic carbocycles. The molecule has 83 heavy (non-hydrogen) atoms. The van der Waals surface area contributed by atoms with Crippen LogP contribution in [0, 0.1) is 116 Å². The van der Waals surface area contributed by atoms with Gasteiger partial charge in [0.15, 0.2) is 85.4 Å². The minimum absolute atomic E-state index is 0.169. The zero-order valence-electron chi connectivity index (χ0n) is 40.9. The zero-order chi connectivity index (χ0) is 59.8. The van der Waals surface area contributed by atoms with Gasteiger partial charge in [0.2, 0.25) is 5.78 Å². The summed E-state index contributed by atoms with van der Waals surface area (Å²) in [5.74, 6) is -70.8. The number of carbonyl (C=O) groups is 1. The first-order valence-corrected chi connectivity index (χ1v) is 25.2. The fraction of sp³-hybridized carbons (Fsp3) is 0.0167. The van der Waals surface area contributed by atoms with Crippen molar-refractivity contribution in [2.45, 2.75) is 9.79 Å². The molecule has 11 rings (SSSR count). The summed E-state index contributed by atoms with van der Waals surface area (Å²) in [6.45, 7) is 0. The Morgan fingerprint density at radius 1 is 0.277 bits per heavy atom. The lowest BCUT2D eigenvalue weighted by atomic mass is 9.12. The van der Waals surface area contributed by atoms with Gasteiger partial charge in [0.05, 0.1) is 10.9 Å². The maximum absolute atomic E-state index is 15.4. The SMILES string of the molecule is Fc1c(F)c(F)c([B-](c2c(F)c(F)c(F)c(F)c2F)(c2c(F)c(F)c(F)c(F)c2F)c2c(F)c(F)c(F)c(F)c2F)c(F)c1F.O=C(C[S+](c1c2ccccc2cc2ccccc12)c1c2ccccc2cc2ccccc12)c1ccccc1. The van der Waals surface area contributed by atoms with Crippen LogP contribution in [0.3, 0.4) is 0 Å². The monoisotopic (exact) mass is 1180 g/mol. The second-order valence-electron chi connectivity index (χ2n) is 18.4. The van der Waals surface area contributed by atoms with E-state index in [4.69, 9.17) is 0 Å². The summed E-state index contributed by atoms with van der Waals surface area (Å²) in [6, 6.07) is 48.8. The molecule has 0 radical (unpaired) electrons. The Morgan fingerprint density at radius 2 is 0.482 bits per heavy atom.